The van der Waals surface area contributed by atoms with Gasteiger partial charge in [-0.05, 0) is 25.9 Å². The van der Waals surface area contributed by atoms with E-state index >= 15 is 0 Å². The molecule has 21 heavy (non-hydrogen) atoms. The van der Waals surface area contributed by atoms with E-state index in [1.807, 2.05) is 0 Å². The van der Waals surface area contributed by atoms with Crippen molar-refractivity contribution in [1.29, 1.82) is 0 Å². The zero-order chi connectivity index (χ0) is 15.1. The van der Waals surface area contributed by atoms with Gasteiger partial charge in [-0.25, -0.2) is 0 Å². The van der Waals surface area contributed by atoms with Crippen molar-refractivity contribution in [1.82, 2.24) is 4.90 Å². The Kier molecular flexibility index (Phi) is 6.22. The number of aromatic nitrogens is 1. The lowest BCUT2D eigenvalue weighted by atomic mass is 10.1. The molecule has 2 rings (SSSR count). The van der Waals surface area contributed by atoms with Gasteiger partial charge in [0.1, 0.15) is 12.7 Å². The summed E-state index contributed by atoms with van der Waals surface area (Å²) in [5.41, 5.74) is 0.592. The van der Waals surface area contributed by atoms with Gasteiger partial charge in [-0.2, -0.15) is 4.73 Å². The van der Waals surface area contributed by atoms with Crippen molar-refractivity contribution in [2.75, 3.05) is 26.2 Å². The van der Waals surface area contributed by atoms with Crippen LogP contribution < -0.4 is 4.73 Å². The maximum atomic E-state index is 10.9. The van der Waals surface area contributed by atoms with Crippen molar-refractivity contribution in [3.63, 3.8) is 0 Å². The first kappa shape index (κ1) is 16.0. The maximum Gasteiger partial charge on any atom is 0.181 e. The van der Waals surface area contributed by atoms with E-state index in [0.717, 1.165) is 13.1 Å². The topological polar surface area (TPSA) is 72.0 Å². The molecule has 1 aromatic rings. The Morgan fingerprint density at radius 3 is 2.71 bits per heavy atom. The van der Waals surface area contributed by atoms with Gasteiger partial charge in [-0.15, -0.1) is 0 Å². The molecular weight excluding hydrogens is 294 g/mol. The molecule has 0 radical (unpaired) electrons. The SMILES string of the molecule is [O-][n+]1ccc(C(Cl)=NOCC(O)CN2CCCCC2)cc1. The molecule has 1 N–H and O–H groups in total. The molecule has 1 atom stereocenters. The summed E-state index contributed by atoms with van der Waals surface area (Å²) < 4.78 is 0.664. The van der Waals surface area contributed by atoms with Gasteiger partial charge in [-0.1, -0.05) is 23.2 Å². The first-order valence-corrected chi connectivity index (χ1v) is 7.48. The molecule has 1 unspecified atom stereocenters. The number of piperidine rings is 1. The smallest absolute Gasteiger partial charge is 0.181 e. The van der Waals surface area contributed by atoms with Gasteiger partial charge in [0.25, 0.3) is 0 Å². The van der Waals surface area contributed by atoms with Crippen molar-refractivity contribution in [2.45, 2.75) is 25.4 Å². The largest absolute Gasteiger partial charge is 0.619 e. The third-order valence-electron chi connectivity index (χ3n) is 3.37. The fourth-order valence-corrected chi connectivity index (χ4v) is 2.45. The molecular formula is C14H20ClN3O3. The van der Waals surface area contributed by atoms with E-state index < -0.39 is 6.10 Å². The Hall–Kier alpha value is -1.37. The van der Waals surface area contributed by atoms with Crippen LogP contribution in [0.4, 0.5) is 0 Å². The minimum atomic E-state index is -0.587. The van der Waals surface area contributed by atoms with Crippen LogP contribution in [-0.2, 0) is 4.84 Å². The minimum absolute atomic E-state index is 0.0983. The van der Waals surface area contributed by atoms with Gasteiger partial charge in [0.05, 0.1) is 0 Å². The van der Waals surface area contributed by atoms with E-state index in [-0.39, 0.29) is 11.8 Å². The zero-order valence-corrected chi connectivity index (χ0v) is 12.6. The summed E-state index contributed by atoms with van der Waals surface area (Å²) in [7, 11) is 0. The summed E-state index contributed by atoms with van der Waals surface area (Å²) in [6, 6.07) is 3.10. The molecule has 116 valence electrons. The highest BCUT2D eigenvalue weighted by Crippen LogP contribution is 2.09. The number of halogens is 1. The van der Waals surface area contributed by atoms with Gasteiger partial charge >= 0.3 is 0 Å². The molecule has 0 spiro atoms. The summed E-state index contributed by atoms with van der Waals surface area (Å²) in [6.45, 7) is 2.75. The van der Waals surface area contributed by atoms with Crippen LogP contribution in [0.25, 0.3) is 0 Å². The summed E-state index contributed by atoms with van der Waals surface area (Å²) in [6.07, 6.45) is 5.72. The number of aliphatic hydroxyl groups excluding tert-OH is 1. The van der Waals surface area contributed by atoms with Crippen LogP contribution in [0.5, 0.6) is 0 Å². The fraction of sp³-hybridized carbons (Fsp3) is 0.571. The van der Waals surface area contributed by atoms with E-state index in [0.29, 0.717) is 16.8 Å². The highest BCUT2D eigenvalue weighted by atomic mass is 35.5. The molecule has 0 bridgehead atoms. The standard InChI is InChI=1S/C14H20ClN3O3/c15-14(12-4-8-18(20)9-5-12)16-21-11-13(19)10-17-6-2-1-3-7-17/h4-5,8-9,13,19H,1-3,6-7,10-11H2. The number of hydrogen-bond acceptors (Lipinski definition) is 5. The van der Waals surface area contributed by atoms with Crippen LogP contribution in [0, 0.1) is 5.21 Å². The summed E-state index contributed by atoms with van der Waals surface area (Å²) in [4.78, 5) is 7.31. The second-order valence-electron chi connectivity index (χ2n) is 5.14. The van der Waals surface area contributed by atoms with Crippen LogP contribution in [0.1, 0.15) is 24.8 Å². The van der Waals surface area contributed by atoms with Crippen LogP contribution in [-0.4, -0.2) is 47.5 Å². The molecule has 1 saturated heterocycles. The highest BCUT2D eigenvalue weighted by molar-refractivity contribution is 6.69. The Morgan fingerprint density at radius 2 is 2.05 bits per heavy atom. The predicted molar refractivity (Wildman–Crippen MR) is 80.0 cm³/mol. The fourth-order valence-electron chi connectivity index (χ4n) is 2.28. The highest BCUT2D eigenvalue weighted by Gasteiger charge is 2.15. The zero-order valence-electron chi connectivity index (χ0n) is 11.8. The average Bonchev–Trinajstić information content (AvgIpc) is 2.49. The van der Waals surface area contributed by atoms with Crippen molar-refractivity contribution in [2.24, 2.45) is 5.16 Å². The van der Waals surface area contributed by atoms with Crippen molar-refractivity contribution in [3.8, 4) is 0 Å². The van der Waals surface area contributed by atoms with E-state index in [4.69, 9.17) is 16.4 Å². The number of likely N-dealkylation sites (tertiary alicyclic amines) is 1. The van der Waals surface area contributed by atoms with Crippen LogP contribution in [0.2, 0.25) is 0 Å². The molecule has 1 fully saturated rings. The Labute approximate surface area is 129 Å². The molecule has 0 aromatic carbocycles. The number of pyridine rings is 1. The summed E-state index contributed by atoms with van der Waals surface area (Å²) in [5, 5.41) is 24.7. The summed E-state index contributed by atoms with van der Waals surface area (Å²) >= 11 is 5.96. The molecule has 0 saturated carbocycles. The number of hydrogen-bond donors (Lipinski definition) is 1. The normalized spacial score (nSPS) is 18.5. The van der Waals surface area contributed by atoms with Crippen molar-refractivity contribution >= 4 is 16.8 Å². The molecule has 1 aliphatic rings. The third-order valence-corrected chi connectivity index (χ3v) is 3.66. The van der Waals surface area contributed by atoms with Crippen molar-refractivity contribution in [3.05, 3.63) is 35.3 Å². The van der Waals surface area contributed by atoms with Gasteiger partial charge in [0, 0.05) is 24.2 Å². The second-order valence-corrected chi connectivity index (χ2v) is 5.50. The molecule has 6 nitrogen and oxygen atoms in total. The Balaban J connectivity index is 1.74. The lowest BCUT2D eigenvalue weighted by Crippen LogP contribution is -2.38. The van der Waals surface area contributed by atoms with E-state index in [2.05, 4.69) is 10.1 Å². The third kappa shape index (κ3) is 5.49. The molecule has 1 aliphatic heterocycles. The molecule has 1 aromatic heterocycles. The molecule has 0 aliphatic carbocycles. The Morgan fingerprint density at radius 1 is 1.38 bits per heavy atom. The average molecular weight is 314 g/mol. The maximum absolute atomic E-state index is 10.9. The van der Waals surface area contributed by atoms with Crippen molar-refractivity contribution < 1.29 is 14.7 Å². The Bertz CT molecular complexity index is 461. The first-order valence-electron chi connectivity index (χ1n) is 7.10. The van der Waals surface area contributed by atoms with Crippen LogP contribution in [0.15, 0.2) is 29.7 Å². The van der Waals surface area contributed by atoms with Gasteiger partial charge in [0.15, 0.2) is 17.6 Å². The molecule has 7 heteroatoms. The van der Waals surface area contributed by atoms with Gasteiger partial charge in [-0.3, -0.25) is 0 Å². The van der Waals surface area contributed by atoms with E-state index in [9.17, 15) is 10.3 Å². The number of rotatable bonds is 6. The number of nitrogens with zero attached hydrogens (tertiary/aromatic N) is 3. The van der Waals surface area contributed by atoms with E-state index in [1.165, 1.54) is 31.7 Å². The van der Waals surface area contributed by atoms with Gasteiger partial charge in [0.2, 0.25) is 0 Å². The van der Waals surface area contributed by atoms with Crippen LogP contribution in [0.3, 0.4) is 0 Å². The predicted octanol–water partition coefficient (Wildman–Crippen LogP) is 1.08. The molecule has 2 heterocycles. The quantitative estimate of drug-likeness (QED) is 0.369. The lowest BCUT2D eigenvalue weighted by Gasteiger charge is -2.27. The number of oxime groups is 1. The number of aliphatic hydroxyl groups is 1. The number of β-amino-alcohol motifs (C(OH)–C–C–N with tert-alkyl or cyclic N) is 1. The lowest BCUT2D eigenvalue weighted by molar-refractivity contribution is -0.605. The molecule has 0 amide bonds. The summed E-state index contributed by atoms with van der Waals surface area (Å²) in [5.74, 6) is 0. The minimum Gasteiger partial charge on any atom is -0.619 e. The van der Waals surface area contributed by atoms with Crippen LogP contribution >= 0.6 is 11.6 Å². The van der Waals surface area contributed by atoms with Gasteiger partial charge < -0.3 is 20.1 Å². The van der Waals surface area contributed by atoms with E-state index in [1.54, 1.807) is 12.1 Å². The second kappa shape index (κ2) is 8.17. The monoisotopic (exact) mass is 313 g/mol. The first-order chi connectivity index (χ1) is 10.1.